The number of benzene rings is 1. The normalized spacial score (nSPS) is 12.0. The first-order chi connectivity index (χ1) is 14.0. The highest BCUT2D eigenvalue weighted by atomic mass is 35.5. The zero-order chi connectivity index (χ0) is 22.4. The van der Waals surface area contributed by atoms with Crippen LogP contribution in [-0.2, 0) is 25.5 Å². The van der Waals surface area contributed by atoms with Gasteiger partial charge in [0.25, 0.3) is 10.1 Å². The lowest BCUT2D eigenvalue weighted by atomic mass is 10.1. The van der Waals surface area contributed by atoms with E-state index >= 15 is 0 Å². The van der Waals surface area contributed by atoms with Crippen LogP contribution in [0.15, 0.2) is 41.4 Å². The number of halogens is 1. The van der Waals surface area contributed by atoms with Crippen molar-refractivity contribution in [3.8, 4) is 0 Å². The summed E-state index contributed by atoms with van der Waals surface area (Å²) in [5.74, 6) is -0.497. The Labute approximate surface area is 183 Å². The first-order valence-corrected chi connectivity index (χ1v) is 11.6. The molecule has 0 saturated heterocycles. The molecule has 0 atom stereocenters. The molecule has 0 aliphatic carbocycles. The lowest BCUT2D eigenvalue weighted by molar-refractivity contribution is 0.00679. The van der Waals surface area contributed by atoms with Gasteiger partial charge in [-0.2, -0.15) is 8.42 Å². The molecule has 2 rings (SSSR count). The maximum atomic E-state index is 12.5. The molecular formula is C22H28ClNO5S. The topological polar surface area (TPSA) is 82.6 Å². The van der Waals surface area contributed by atoms with E-state index in [0.717, 1.165) is 5.56 Å². The molecule has 0 unspecified atom stereocenters. The van der Waals surface area contributed by atoms with Crippen LogP contribution in [0.2, 0.25) is 5.02 Å². The summed E-state index contributed by atoms with van der Waals surface area (Å²) < 4.78 is 34.9. The minimum atomic E-state index is -3.75. The largest absolute Gasteiger partial charge is 0.456 e. The Bertz CT molecular complexity index is 966. The van der Waals surface area contributed by atoms with Crippen LogP contribution >= 0.6 is 11.6 Å². The average Bonchev–Trinajstić information content (AvgIpc) is 2.63. The van der Waals surface area contributed by atoms with E-state index in [4.69, 9.17) is 20.5 Å². The molecule has 0 aliphatic rings. The summed E-state index contributed by atoms with van der Waals surface area (Å²) in [4.78, 5) is 16.9. The van der Waals surface area contributed by atoms with E-state index in [0.29, 0.717) is 36.4 Å². The van der Waals surface area contributed by atoms with E-state index in [1.807, 2.05) is 6.92 Å². The molecule has 1 aromatic carbocycles. The fraction of sp³-hybridized carbons (Fsp3) is 0.455. The van der Waals surface area contributed by atoms with Gasteiger partial charge < -0.3 is 4.74 Å². The molecule has 0 bridgehead atoms. The number of nitrogens with zero attached hydrogens (tertiary/aromatic N) is 1. The van der Waals surface area contributed by atoms with Crippen molar-refractivity contribution >= 4 is 27.7 Å². The standard InChI is InChI=1S/C22H28ClNO5S/c1-16-9-11-17(12-10-16)30(26,27)28-15-7-5-6-8-19-20(18(23)13-14-24-19)21(25)29-22(2,3)4/h9-14H,5-8,15H2,1-4H3. The van der Waals surface area contributed by atoms with Crippen molar-refractivity contribution in [1.82, 2.24) is 4.98 Å². The molecule has 30 heavy (non-hydrogen) atoms. The van der Waals surface area contributed by atoms with Crippen LogP contribution < -0.4 is 0 Å². The van der Waals surface area contributed by atoms with Gasteiger partial charge in [0, 0.05) is 6.20 Å². The Hall–Kier alpha value is -1.96. The van der Waals surface area contributed by atoms with Crippen LogP contribution in [0.5, 0.6) is 0 Å². The Morgan fingerprint density at radius 3 is 2.37 bits per heavy atom. The number of pyridine rings is 1. The zero-order valence-corrected chi connectivity index (χ0v) is 19.3. The van der Waals surface area contributed by atoms with Gasteiger partial charge >= 0.3 is 5.97 Å². The van der Waals surface area contributed by atoms with E-state index in [1.54, 1.807) is 45.2 Å². The van der Waals surface area contributed by atoms with Crippen molar-refractivity contribution in [2.45, 2.75) is 63.9 Å². The minimum absolute atomic E-state index is 0.0953. The number of rotatable bonds is 9. The number of hydrogen-bond donors (Lipinski definition) is 0. The number of hydrogen-bond acceptors (Lipinski definition) is 6. The van der Waals surface area contributed by atoms with Gasteiger partial charge in [0.1, 0.15) is 5.60 Å². The zero-order valence-electron chi connectivity index (χ0n) is 17.8. The van der Waals surface area contributed by atoms with E-state index in [9.17, 15) is 13.2 Å². The van der Waals surface area contributed by atoms with Gasteiger partial charge in [-0.15, -0.1) is 0 Å². The summed E-state index contributed by atoms with van der Waals surface area (Å²) >= 11 is 6.21. The fourth-order valence-corrected chi connectivity index (χ4v) is 3.91. The maximum absolute atomic E-state index is 12.5. The van der Waals surface area contributed by atoms with Crippen LogP contribution in [0, 0.1) is 6.92 Å². The number of unbranched alkanes of at least 4 members (excludes halogenated alkanes) is 2. The second-order valence-electron chi connectivity index (χ2n) is 8.02. The third-order valence-electron chi connectivity index (χ3n) is 4.19. The summed E-state index contributed by atoms with van der Waals surface area (Å²) in [6.07, 6.45) is 4.07. The molecule has 8 heteroatoms. The molecule has 0 saturated carbocycles. The van der Waals surface area contributed by atoms with Crippen molar-refractivity contribution < 1.29 is 22.1 Å². The monoisotopic (exact) mass is 453 g/mol. The van der Waals surface area contributed by atoms with Crippen LogP contribution in [0.4, 0.5) is 0 Å². The molecule has 0 fully saturated rings. The lowest BCUT2D eigenvalue weighted by Gasteiger charge is -2.20. The molecule has 2 aromatic rings. The van der Waals surface area contributed by atoms with Gasteiger partial charge in [-0.05, 0) is 65.2 Å². The Morgan fingerprint density at radius 1 is 1.07 bits per heavy atom. The third-order valence-corrected chi connectivity index (χ3v) is 5.83. The average molecular weight is 454 g/mol. The molecule has 0 spiro atoms. The maximum Gasteiger partial charge on any atom is 0.342 e. The fourth-order valence-electron chi connectivity index (χ4n) is 2.73. The summed E-state index contributed by atoms with van der Waals surface area (Å²) in [5, 5.41) is 0.307. The molecular weight excluding hydrogens is 426 g/mol. The second-order valence-corrected chi connectivity index (χ2v) is 10.0. The highest BCUT2D eigenvalue weighted by molar-refractivity contribution is 7.86. The predicted octanol–water partition coefficient (Wildman–Crippen LogP) is 5.12. The highest BCUT2D eigenvalue weighted by Crippen LogP contribution is 2.23. The highest BCUT2D eigenvalue weighted by Gasteiger charge is 2.23. The van der Waals surface area contributed by atoms with E-state index in [2.05, 4.69) is 4.98 Å². The van der Waals surface area contributed by atoms with Gasteiger partial charge in [-0.3, -0.25) is 9.17 Å². The Morgan fingerprint density at radius 2 is 1.73 bits per heavy atom. The van der Waals surface area contributed by atoms with Gasteiger partial charge in [-0.25, -0.2) is 4.79 Å². The molecule has 0 amide bonds. The van der Waals surface area contributed by atoms with Crippen molar-refractivity contribution in [2.75, 3.05) is 6.61 Å². The second kappa shape index (κ2) is 10.4. The van der Waals surface area contributed by atoms with Crippen molar-refractivity contribution in [1.29, 1.82) is 0 Å². The first kappa shape index (κ1) is 24.3. The van der Waals surface area contributed by atoms with Gasteiger partial charge in [0.2, 0.25) is 0 Å². The molecule has 1 aromatic heterocycles. The van der Waals surface area contributed by atoms with Crippen LogP contribution in [-0.4, -0.2) is 31.6 Å². The molecule has 164 valence electrons. The number of ether oxygens (including phenoxy) is 1. The summed E-state index contributed by atoms with van der Waals surface area (Å²) in [5.41, 5.74) is 1.21. The number of carbonyl (C=O) groups is 1. The smallest absolute Gasteiger partial charge is 0.342 e. The number of carbonyl (C=O) groups excluding carboxylic acids is 1. The third kappa shape index (κ3) is 7.38. The Kier molecular flexibility index (Phi) is 8.41. The minimum Gasteiger partial charge on any atom is -0.456 e. The molecule has 0 radical (unpaired) electrons. The molecule has 0 aliphatic heterocycles. The van der Waals surface area contributed by atoms with Gasteiger partial charge in [-0.1, -0.05) is 35.7 Å². The van der Waals surface area contributed by atoms with Gasteiger partial charge in [0.05, 0.1) is 27.8 Å². The van der Waals surface area contributed by atoms with Crippen molar-refractivity contribution in [3.05, 3.63) is 58.4 Å². The number of aromatic nitrogens is 1. The van der Waals surface area contributed by atoms with Crippen LogP contribution in [0.25, 0.3) is 0 Å². The van der Waals surface area contributed by atoms with Crippen LogP contribution in [0.1, 0.15) is 61.6 Å². The van der Waals surface area contributed by atoms with Gasteiger partial charge in [0.15, 0.2) is 0 Å². The molecule has 1 heterocycles. The molecule has 0 N–H and O–H groups in total. The van der Waals surface area contributed by atoms with E-state index in [-0.39, 0.29) is 17.1 Å². The summed E-state index contributed by atoms with van der Waals surface area (Å²) in [6.45, 7) is 7.36. The Balaban J connectivity index is 1.85. The molecule has 6 nitrogen and oxygen atoms in total. The summed E-state index contributed by atoms with van der Waals surface area (Å²) in [7, 11) is -3.75. The first-order valence-electron chi connectivity index (χ1n) is 9.82. The van der Waals surface area contributed by atoms with Crippen molar-refractivity contribution in [3.63, 3.8) is 0 Å². The SMILES string of the molecule is Cc1ccc(S(=O)(=O)OCCCCCc2nccc(Cl)c2C(=O)OC(C)(C)C)cc1. The van der Waals surface area contributed by atoms with E-state index in [1.165, 1.54) is 12.1 Å². The quantitative estimate of drug-likeness (QED) is 0.298. The van der Waals surface area contributed by atoms with E-state index < -0.39 is 21.7 Å². The number of esters is 1. The summed E-state index contributed by atoms with van der Waals surface area (Å²) in [6, 6.07) is 8.10. The van der Waals surface area contributed by atoms with Crippen LogP contribution in [0.3, 0.4) is 0 Å². The predicted molar refractivity (Wildman–Crippen MR) is 116 cm³/mol. The van der Waals surface area contributed by atoms with Crippen molar-refractivity contribution in [2.24, 2.45) is 0 Å². The number of aryl methyl sites for hydroxylation is 2. The lowest BCUT2D eigenvalue weighted by Crippen LogP contribution is -2.25.